The van der Waals surface area contributed by atoms with Gasteiger partial charge in [-0.25, -0.2) is 17.2 Å². The number of halogens is 2. The maximum Gasteiger partial charge on any atom is 0.152 e. The average molecular weight is 261 g/mol. The first-order valence-electron chi connectivity index (χ1n) is 5.23. The van der Waals surface area contributed by atoms with E-state index in [1.54, 1.807) is 0 Å². The van der Waals surface area contributed by atoms with Crippen LogP contribution in [0.1, 0.15) is 12.0 Å². The molecule has 0 bridgehead atoms. The molecule has 17 heavy (non-hydrogen) atoms. The zero-order chi connectivity index (χ0) is 12.7. The SMILES string of the molecule is NC1(Cc2cc(F)ccc2F)CCS(=O)(=O)C1. The van der Waals surface area contributed by atoms with Crippen molar-refractivity contribution in [1.29, 1.82) is 0 Å². The highest BCUT2D eigenvalue weighted by Gasteiger charge is 2.39. The summed E-state index contributed by atoms with van der Waals surface area (Å²) in [6.07, 6.45) is 0.321. The molecule has 2 rings (SSSR count). The van der Waals surface area contributed by atoms with Crippen molar-refractivity contribution in [3.8, 4) is 0 Å². The predicted molar refractivity (Wildman–Crippen MR) is 60.3 cm³/mol. The minimum Gasteiger partial charge on any atom is -0.324 e. The molecule has 3 nitrogen and oxygen atoms in total. The van der Waals surface area contributed by atoms with E-state index < -0.39 is 27.0 Å². The Kier molecular flexibility index (Phi) is 2.95. The standard InChI is InChI=1S/C11H13F2NO2S/c12-9-1-2-10(13)8(5-9)6-11(14)3-4-17(15,16)7-11/h1-2,5H,3-4,6-7,14H2. The summed E-state index contributed by atoms with van der Waals surface area (Å²) in [5.41, 5.74) is 5.07. The van der Waals surface area contributed by atoms with Crippen LogP contribution in [0.5, 0.6) is 0 Å². The van der Waals surface area contributed by atoms with Gasteiger partial charge in [-0.2, -0.15) is 0 Å². The van der Waals surface area contributed by atoms with Crippen LogP contribution in [0.15, 0.2) is 18.2 Å². The Bertz CT molecular complexity index is 544. The minimum absolute atomic E-state index is 0.0143. The number of hydrogen-bond acceptors (Lipinski definition) is 3. The van der Waals surface area contributed by atoms with Crippen LogP contribution in [0.4, 0.5) is 8.78 Å². The molecular formula is C11H13F2NO2S. The van der Waals surface area contributed by atoms with Crippen molar-refractivity contribution in [2.24, 2.45) is 5.73 Å². The van der Waals surface area contributed by atoms with E-state index >= 15 is 0 Å². The molecule has 1 saturated heterocycles. The molecule has 6 heteroatoms. The molecule has 1 aliphatic rings. The summed E-state index contributed by atoms with van der Waals surface area (Å²) >= 11 is 0. The van der Waals surface area contributed by atoms with Gasteiger partial charge in [0.25, 0.3) is 0 Å². The second-order valence-electron chi connectivity index (χ2n) is 4.62. The van der Waals surface area contributed by atoms with Crippen LogP contribution in [-0.4, -0.2) is 25.5 Å². The Morgan fingerprint density at radius 3 is 2.65 bits per heavy atom. The minimum atomic E-state index is -3.14. The first kappa shape index (κ1) is 12.4. The molecule has 0 amide bonds. The van der Waals surface area contributed by atoms with Crippen LogP contribution < -0.4 is 5.73 Å². The van der Waals surface area contributed by atoms with Crippen molar-refractivity contribution in [3.05, 3.63) is 35.4 Å². The lowest BCUT2D eigenvalue weighted by Crippen LogP contribution is -2.43. The molecule has 1 aromatic rings. The molecule has 94 valence electrons. The fourth-order valence-corrected chi connectivity index (χ4v) is 4.12. The third kappa shape index (κ3) is 2.81. The van der Waals surface area contributed by atoms with Gasteiger partial charge in [-0.1, -0.05) is 0 Å². The quantitative estimate of drug-likeness (QED) is 0.864. The number of sulfone groups is 1. The highest BCUT2D eigenvalue weighted by atomic mass is 32.2. The number of rotatable bonds is 2. The molecule has 0 aromatic heterocycles. The Morgan fingerprint density at radius 2 is 2.06 bits per heavy atom. The van der Waals surface area contributed by atoms with Crippen LogP contribution in [0, 0.1) is 11.6 Å². The summed E-state index contributed by atoms with van der Waals surface area (Å²) in [6.45, 7) is 0. The Morgan fingerprint density at radius 1 is 1.35 bits per heavy atom. The summed E-state index contributed by atoms with van der Waals surface area (Å²) in [6, 6.07) is 3.11. The normalized spacial score (nSPS) is 27.2. The van der Waals surface area contributed by atoms with Gasteiger partial charge in [0, 0.05) is 5.54 Å². The van der Waals surface area contributed by atoms with E-state index in [9.17, 15) is 17.2 Å². The topological polar surface area (TPSA) is 60.2 Å². The fraction of sp³-hybridized carbons (Fsp3) is 0.455. The van der Waals surface area contributed by atoms with E-state index in [-0.39, 0.29) is 29.9 Å². The first-order valence-corrected chi connectivity index (χ1v) is 7.05. The van der Waals surface area contributed by atoms with Crippen molar-refractivity contribution in [1.82, 2.24) is 0 Å². The van der Waals surface area contributed by atoms with Crippen LogP contribution in [0.25, 0.3) is 0 Å². The number of hydrogen-bond donors (Lipinski definition) is 1. The summed E-state index contributed by atoms with van der Waals surface area (Å²) in [7, 11) is -3.14. The fourth-order valence-electron chi connectivity index (χ4n) is 2.14. The molecule has 0 radical (unpaired) electrons. The molecule has 0 spiro atoms. The van der Waals surface area contributed by atoms with Crippen molar-refractivity contribution in [3.63, 3.8) is 0 Å². The Labute approximate surface area is 98.5 Å². The lowest BCUT2D eigenvalue weighted by Gasteiger charge is -2.22. The van der Waals surface area contributed by atoms with Gasteiger partial charge in [0.15, 0.2) is 9.84 Å². The lowest BCUT2D eigenvalue weighted by atomic mass is 9.91. The van der Waals surface area contributed by atoms with Crippen LogP contribution in [0.2, 0.25) is 0 Å². The molecule has 1 unspecified atom stereocenters. The van der Waals surface area contributed by atoms with Gasteiger partial charge in [0.05, 0.1) is 11.5 Å². The summed E-state index contributed by atoms with van der Waals surface area (Å²) in [5, 5.41) is 0. The van der Waals surface area contributed by atoms with Crippen LogP contribution in [0.3, 0.4) is 0 Å². The van der Waals surface area contributed by atoms with Gasteiger partial charge in [0.1, 0.15) is 11.6 Å². The van der Waals surface area contributed by atoms with E-state index in [0.29, 0.717) is 0 Å². The van der Waals surface area contributed by atoms with E-state index in [0.717, 1.165) is 18.2 Å². The highest BCUT2D eigenvalue weighted by molar-refractivity contribution is 7.91. The summed E-state index contributed by atoms with van der Waals surface area (Å²) in [5.74, 6) is -1.26. The van der Waals surface area contributed by atoms with Gasteiger partial charge in [-0.05, 0) is 36.6 Å². The first-order chi connectivity index (χ1) is 7.80. The third-order valence-electron chi connectivity index (χ3n) is 2.97. The molecule has 1 fully saturated rings. The number of benzene rings is 1. The van der Waals surface area contributed by atoms with E-state index in [2.05, 4.69) is 0 Å². The molecular weight excluding hydrogens is 248 g/mol. The molecule has 2 N–H and O–H groups in total. The van der Waals surface area contributed by atoms with Crippen molar-refractivity contribution in [2.45, 2.75) is 18.4 Å². The van der Waals surface area contributed by atoms with Crippen LogP contribution >= 0.6 is 0 Å². The zero-order valence-electron chi connectivity index (χ0n) is 9.12. The maximum absolute atomic E-state index is 13.4. The van der Waals surface area contributed by atoms with Gasteiger partial charge in [-0.15, -0.1) is 0 Å². The van der Waals surface area contributed by atoms with Crippen LogP contribution in [-0.2, 0) is 16.3 Å². The predicted octanol–water partition coefficient (Wildman–Crippen LogP) is 1.02. The molecule has 1 aliphatic heterocycles. The molecule has 1 heterocycles. The van der Waals surface area contributed by atoms with E-state index in [4.69, 9.17) is 5.73 Å². The Balaban J connectivity index is 2.24. The van der Waals surface area contributed by atoms with Gasteiger partial charge < -0.3 is 5.73 Å². The van der Waals surface area contributed by atoms with Crippen molar-refractivity contribution >= 4 is 9.84 Å². The Hall–Kier alpha value is -1.01. The average Bonchev–Trinajstić information content (AvgIpc) is 2.47. The molecule has 1 aromatic carbocycles. The smallest absolute Gasteiger partial charge is 0.152 e. The molecule has 0 saturated carbocycles. The maximum atomic E-state index is 13.4. The molecule has 0 aliphatic carbocycles. The summed E-state index contributed by atoms with van der Waals surface area (Å²) in [4.78, 5) is 0. The second kappa shape index (κ2) is 4.03. The third-order valence-corrected chi connectivity index (χ3v) is 4.81. The summed E-state index contributed by atoms with van der Waals surface area (Å²) < 4.78 is 49.1. The second-order valence-corrected chi connectivity index (χ2v) is 6.80. The van der Waals surface area contributed by atoms with Crippen molar-refractivity contribution < 1.29 is 17.2 Å². The monoisotopic (exact) mass is 261 g/mol. The van der Waals surface area contributed by atoms with Gasteiger partial charge >= 0.3 is 0 Å². The van der Waals surface area contributed by atoms with E-state index in [1.807, 2.05) is 0 Å². The molecule has 1 atom stereocenters. The largest absolute Gasteiger partial charge is 0.324 e. The van der Waals surface area contributed by atoms with Gasteiger partial charge in [0.2, 0.25) is 0 Å². The van der Waals surface area contributed by atoms with Crippen molar-refractivity contribution in [2.75, 3.05) is 11.5 Å². The zero-order valence-corrected chi connectivity index (χ0v) is 9.93. The lowest BCUT2D eigenvalue weighted by molar-refractivity contribution is 0.461. The number of nitrogens with two attached hydrogens (primary N) is 1. The highest BCUT2D eigenvalue weighted by Crippen LogP contribution is 2.26. The van der Waals surface area contributed by atoms with E-state index in [1.165, 1.54) is 0 Å². The van der Waals surface area contributed by atoms with Gasteiger partial charge in [-0.3, -0.25) is 0 Å².